The van der Waals surface area contributed by atoms with Crippen LogP contribution in [0.3, 0.4) is 0 Å². The minimum atomic E-state index is 0. The highest BCUT2D eigenvalue weighted by atomic mass is 127. The van der Waals surface area contributed by atoms with Gasteiger partial charge < -0.3 is 24.8 Å². The van der Waals surface area contributed by atoms with Crippen LogP contribution >= 0.6 is 24.0 Å². The van der Waals surface area contributed by atoms with Crippen molar-refractivity contribution < 1.29 is 4.74 Å². The van der Waals surface area contributed by atoms with Crippen molar-refractivity contribution in [2.75, 3.05) is 31.1 Å². The molecule has 2 aliphatic heterocycles. The number of guanidine groups is 1. The topological polar surface area (TPSA) is 79.6 Å². The molecule has 0 spiro atoms. The summed E-state index contributed by atoms with van der Waals surface area (Å²) in [5, 5.41) is 15.4. The second kappa shape index (κ2) is 11.8. The molecule has 3 heterocycles. The Balaban J connectivity index is 0.00000289. The number of aliphatic imine (C=N–C) groups is 1. The number of hydrogen-bond acceptors (Lipinski definition) is 5. The van der Waals surface area contributed by atoms with Crippen molar-refractivity contribution in [3.8, 4) is 0 Å². The largest absolute Gasteiger partial charge is 0.376 e. The lowest BCUT2D eigenvalue weighted by molar-refractivity contribution is 0.113. The molecule has 2 atom stereocenters. The number of benzene rings is 1. The van der Waals surface area contributed by atoms with E-state index in [1.54, 1.807) is 0 Å². The van der Waals surface area contributed by atoms with Gasteiger partial charge in [-0.25, -0.2) is 4.99 Å². The lowest BCUT2D eigenvalue weighted by Crippen LogP contribution is -2.42. The Labute approximate surface area is 208 Å². The molecule has 2 unspecified atom stereocenters. The van der Waals surface area contributed by atoms with Crippen LogP contribution < -0.4 is 15.5 Å². The molecule has 32 heavy (non-hydrogen) atoms. The van der Waals surface area contributed by atoms with Gasteiger partial charge in [-0.3, -0.25) is 0 Å². The van der Waals surface area contributed by atoms with Crippen LogP contribution in [0, 0.1) is 6.92 Å². The summed E-state index contributed by atoms with van der Waals surface area (Å²) < 4.78 is 7.75. The van der Waals surface area contributed by atoms with Crippen LogP contribution in [0.4, 0.5) is 5.69 Å². The zero-order valence-electron chi connectivity index (χ0n) is 19.4. The van der Waals surface area contributed by atoms with Gasteiger partial charge in [0.15, 0.2) is 11.8 Å². The SMILES string of the molecule is Cc1nnc(CN=C(NCC2CCCO2)NC(C)c2cccc(N3CCCC3)c2)n1C.I. The van der Waals surface area contributed by atoms with Crippen LogP contribution in [0.2, 0.25) is 0 Å². The Morgan fingerprint density at radius 1 is 1.25 bits per heavy atom. The molecule has 1 aromatic heterocycles. The molecule has 9 heteroatoms. The Kier molecular flexibility index (Phi) is 9.15. The van der Waals surface area contributed by atoms with Crippen molar-refractivity contribution in [3.63, 3.8) is 0 Å². The van der Waals surface area contributed by atoms with Crippen LogP contribution in [0.15, 0.2) is 29.3 Å². The summed E-state index contributed by atoms with van der Waals surface area (Å²) in [6.07, 6.45) is 5.03. The van der Waals surface area contributed by atoms with Crippen LogP contribution in [0.5, 0.6) is 0 Å². The van der Waals surface area contributed by atoms with E-state index in [1.165, 1.54) is 24.1 Å². The summed E-state index contributed by atoms with van der Waals surface area (Å²) in [6, 6.07) is 8.97. The highest BCUT2D eigenvalue weighted by molar-refractivity contribution is 14.0. The van der Waals surface area contributed by atoms with Gasteiger partial charge >= 0.3 is 0 Å². The molecular weight excluding hydrogens is 517 g/mol. The number of rotatable bonds is 7. The summed E-state index contributed by atoms with van der Waals surface area (Å²) in [6.45, 7) is 8.51. The molecule has 0 aliphatic carbocycles. The van der Waals surface area contributed by atoms with E-state index in [-0.39, 0.29) is 36.1 Å². The molecule has 2 aliphatic rings. The van der Waals surface area contributed by atoms with Gasteiger partial charge in [-0.1, -0.05) is 12.1 Å². The van der Waals surface area contributed by atoms with Crippen LogP contribution in [-0.2, 0) is 18.3 Å². The first-order valence-corrected chi connectivity index (χ1v) is 11.5. The van der Waals surface area contributed by atoms with E-state index in [1.807, 2.05) is 18.5 Å². The van der Waals surface area contributed by atoms with Gasteiger partial charge in [0.25, 0.3) is 0 Å². The molecule has 2 aromatic rings. The van der Waals surface area contributed by atoms with E-state index in [0.717, 1.165) is 56.7 Å². The van der Waals surface area contributed by atoms with Gasteiger partial charge in [0.2, 0.25) is 0 Å². The van der Waals surface area contributed by atoms with Crippen molar-refractivity contribution in [3.05, 3.63) is 41.5 Å². The summed E-state index contributed by atoms with van der Waals surface area (Å²) in [4.78, 5) is 7.27. The number of hydrogen-bond donors (Lipinski definition) is 2. The van der Waals surface area contributed by atoms with E-state index in [2.05, 4.69) is 56.9 Å². The minimum absolute atomic E-state index is 0. The Hall–Kier alpha value is -1.88. The second-order valence-corrected chi connectivity index (χ2v) is 8.56. The molecule has 0 amide bonds. The molecule has 2 N–H and O–H groups in total. The number of ether oxygens (including phenoxy) is 1. The number of nitrogens with one attached hydrogen (secondary N) is 2. The fraction of sp³-hybridized carbons (Fsp3) is 0.609. The summed E-state index contributed by atoms with van der Waals surface area (Å²) in [7, 11) is 1.97. The van der Waals surface area contributed by atoms with Gasteiger partial charge in [-0.2, -0.15) is 0 Å². The predicted molar refractivity (Wildman–Crippen MR) is 139 cm³/mol. The fourth-order valence-corrected chi connectivity index (χ4v) is 4.16. The zero-order chi connectivity index (χ0) is 21.6. The van der Waals surface area contributed by atoms with Crippen LogP contribution in [0.1, 0.15) is 55.9 Å². The normalized spacial score (nSPS) is 19.7. The van der Waals surface area contributed by atoms with Gasteiger partial charge in [-0.05, 0) is 57.2 Å². The fourth-order valence-electron chi connectivity index (χ4n) is 4.16. The quantitative estimate of drug-likeness (QED) is 0.311. The molecule has 2 fully saturated rings. The van der Waals surface area contributed by atoms with E-state index >= 15 is 0 Å². The molecule has 0 bridgehead atoms. The Morgan fingerprint density at radius 3 is 2.75 bits per heavy atom. The number of aromatic nitrogens is 3. The van der Waals surface area contributed by atoms with E-state index in [0.29, 0.717) is 6.54 Å². The molecule has 0 radical (unpaired) electrons. The lowest BCUT2D eigenvalue weighted by Gasteiger charge is -2.23. The number of halogens is 1. The monoisotopic (exact) mass is 553 g/mol. The molecular formula is C23H36IN7O. The second-order valence-electron chi connectivity index (χ2n) is 8.56. The average Bonchev–Trinajstić information content (AvgIpc) is 3.55. The van der Waals surface area contributed by atoms with Gasteiger partial charge in [-0.15, -0.1) is 34.2 Å². The summed E-state index contributed by atoms with van der Waals surface area (Å²) in [5.74, 6) is 2.51. The highest BCUT2D eigenvalue weighted by Gasteiger charge is 2.18. The third kappa shape index (κ3) is 6.34. The molecule has 4 rings (SSSR count). The minimum Gasteiger partial charge on any atom is -0.376 e. The highest BCUT2D eigenvalue weighted by Crippen LogP contribution is 2.24. The zero-order valence-corrected chi connectivity index (χ0v) is 21.7. The average molecular weight is 553 g/mol. The maximum atomic E-state index is 5.77. The Morgan fingerprint density at radius 2 is 2.06 bits per heavy atom. The van der Waals surface area contributed by atoms with Crippen molar-refractivity contribution in [1.29, 1.82) is 0 Å². The maximum Gasteiger partial charge on any atom is 0.192 e. The van der Waals surface area contributed by atoms with Gasteiger partial charge in [0.1, 0.15) is 12.4 Å². The van der Waals surface area contributed by atoms with Crippen LogP contribution in [0.25, 0.3) is 0 Å². The lowest BCUT2D eigenvalue weighted by atomic mass is 10.1. The van der Waals surface area contributed by atoms with E-state index < -0.39 is 0 Å². The number of aryl methyl sites for hydroxylation is 1. The first-order valence-electron chi connectivity index (χ1n) is 11.5. The molecule has 2 saturated heterocycles. The van der Waals surface area contributed by atoms with Gasteiger partial charge in [0, 0.05) is 39.0 Å². The standard InChI is InChI=1S/C23H35N7O.HI/c1-17(19-8-6-9-20(14-19)30-11-4-5-12-30)26-23(24-15-21-10-7-13-31-21)25-16-22-28-27-18(2)29(22)3;/h6,8-9,14,17,21H,4-5,7,10-13,15-16H2,1-3H3,(H2,24,25,26);1H. The molecule has 8 nitrogen and oxygen atoms in total. The number of nitrogens with zero attached hydrogens (tertiary/aromatic N) is 5. The van der Waals surface area contributed by atoms with Crippen molar-refractivity contribution >= 4 is 35.6 Å². The van der Waals surface area contributed by atoms with Crippen molar-refractivity contribution in [1.82, 2.24) is 25.4 Å². The maximum absolute atomic E-state index is 5.77. The third-order valence-electron chi connectivity index (χ3n) is 6.28. The van der Waals surface area contributed by atoms with Crippen molar-refractivity contribution in [2.45, 2.75) is 58.2 Å². The first-order chi connectivity index (χ1) is 15.1. The van der Waals surface area contributed by atoms with Crippen molar-refractivity contribution in [2.24, 2.45) is 12.0 Å². The molecule has 1 aromatic carbocycles. The molecule has 0 saturated carbocycles. The summed E-state index contributed by atoms with van der Waals surface area (Å²) >= 11 is 0. The number of anilines is 1. The smallest absolute Gasteiger partial charge is 0.192 e. The van der Waals surface area contributed by atoms with Crippen LogP contribution in [-0.4, -0.2) is 53.1 Å². The Bertz CT molecular complexity index is 888. The van der Waals surface area contributed by atoms with E-state index in [9.17, 15) is 0 Å². The van der Waals surface area contributed by atoms with Gasteiger partial charge in [0.05, 0.1) is 12.1 Å². The predicted octanol–water partition coefficient (Wildman–Crippen LogP) is 3.32. The third-order valence-corrected chi connectivity index (χ3v) is 6.28. The summed E-state index contributed by atoms with van der Waals surface area (Å²) in [5.41, 5.74) is 2.56. The molecule has 176 valence electrons. The van der Waals surface area contributed by atoms with E-state index in [4.69, 9.17) is 9.73 Å². The first kappa shape index (κ1) is 24.8.